The molecule has 2 aliphatic carbocycles. The lowest BCUT2D eigenvalue weighted by Crippen LogP contribution is -2.15. The van der Waals surface area contributed by atoms with Gasteiger partial charge in [0, 0.05) is 17.8 Å². The zero-order chi connectivity index (χ0) is 16.2. The zero-order valence-corrected chi connectivity index (χ0v) is 14.7. The molecule has 1 aromatic carbocycles. The Bertz CT molecular complexity index is 549. The first-order valence-electron chi connectivity index (χ1n) is 9.50. The second-order valence-corrected chi connectivity index (χ2v) is 7.76. The molecule has 2 heteroatoms. The van der Waals surface area contributed by atoms with Crippen LogP contribution in [0.1, 0.15) is 87.3 Å². The van der Waals surface area contributed by atoms with Crippen molar-refractivity contribution in [1.29, 1.82) is 0 Å². The Labute approximate surface area is 141 Å². The molecule has 3 rings (SSSR count). The minimum Gasteiger partial charge on any atom is -0.507 e. The highest BCUT2D eigenvalue weighted by atomic mass is 16.3. The number of phenols is 1. The van der Waals surface area contributed by atoms with E-state index in [2.05, 4.69) is 26.0 Å². The van der Waals surface area contributed by atoms with Crippen LogP contribution in [0.15, 0.2) is 17.1 Å². The van der Waals surface area contributed by atoms with E-state index in [1.807, 2.05) is 6.21 Å². The van der Waals surface area contributed by atoms with Gasteiger partial charge in [0.1, 0.15) is 5.75 Å². The molecule has 0 bridgehead atoms. The molecule has 126 valence electrons. The summed E-state index contributed by atoms with van der Waals surface area (Å²) in [5, 5.41) is 10.8. The van der Waals surface area contributed by atoms with Crippen molar-refractivity contribution >= 4 is 6.21 Å². The highest BCUT2D eigenvalue weighted by molar-refractivity contribution is 5.86. The van der Waals surface area contributed by atoms with Gasteiger partial charge in [-0.05, 0) is 68.4 Å². The van der Waals surface area contributed by atoms with Gasteiger partial charge in [0.05, 0.1) is 0 Å². The Morgan fingerprint density at radius 3 is 2.39 bits per heavy atom. The molecule has 0 saturated heterocycles. The average Bonchev–Trinajstić information content (AvgIpc) is 2.57. The number of benzene rings is 1. The van der Waals surface area contributed by atoms with E-state index in [4.69, 9.17) is 4.99 Å². The molecule has 0 aliphatic heterocycles. The van der Waals surface area contributed by atoms with Gasteiger partial charge in [-0.15, -0.1) is 0 Å². The van der Waals surface area contributed by atoms with Gasteiger partial charge < -0.3 is 5.11 Å². The van der Waals surface area contributed by atoms with E-state index in [1.165, 1.54) is 57.8 Å². The first-order chi connectivity index (χ1) is 11.1. The van der Waals surface area contributed by atoms with Crippen LogP contribution in [0.5, 0.6) is 5.75 Å². The summed E-state index contributed by atoms with van der Waals surface area (Å²) in [4.78, 5) is 4.81. The lowest BCUT2D eigenvalue weighted by atomic mass is 9.82. The van der Waals surface area contributed by atoms with Gasteiger partial charge in [-0.2, -0.15) is 0 Å². The molecule has 0 aromatic heterocycles. The van der Waals surface area contributed by atoms with Crippen molar-refractivity contribution in [2.24, 2.45) is 10.9 Å². The fourth-order valence-corrected chi connectivity index (χ4v) is 4.20. The molecular formula is C21H31NO. The summed E-state index contributed by atoms with van der Waals surface area (Å²) >= 11 is 0. The first-order valence-corrected chi connectivity index (χ1v) is 9.50. The van der Waals surface area contributed by atoms with Crippen LogP contribution in [0.25, 0.3) is 0 Å². The van der Waals surface area contributed by atoms with E-state index in [-0.39, 0.29) is 0 Å². The fraction of sp³-hybridized carbons (Fsp3) is 0.667. The summed E-state index contributed by atoms with van der Waals surface area (Å²) in [5.74, 6) is 1.88. The smallest absolute Gasteiger partial charge is 0.128 e. The summed E-state index contributed by atoms with van der Waals surface area (Å²) in [7, 11) is 0. The van der Waals surface area contributed by atoms with Crippen molar-refractivity contribution < 1.29 is 5.11 Å². The Morgan fingerprint density at radius 1 is 1.00 bits per heavy atom. The Morgan fingerprint density at radius 2 is 1.70 bits per heavy atom. The lowest BCUT2D eigenvalue weighted by Gasteiger charge is -2.24. The Hall–Kier alpha value is -1.31. The van der Waals surface area contributed by atoms with E-state index in [0.717, 1.165) is 22.6 Å². The molecule has 0 spiro atoms. The van der Waals surface area contributed by atoms with Crippen LogP contribution in [-0.2, 0) is 0 Å². The minimum absolute atomic E-state index is 0.448. The van der Waals surface area contributed by atoms with Crippen LogP contribution >= 0.6 is 0 Å². The number of phenolic OH excluding ortho intramolecular Hbond substituents is 1. The van der Waals surface area contributed by atoms with E-state index in [9.17, 15) is 5.11 Å². The molecule has 2 fully saturated rings. The van der Waals surface area contributed by atoms with Gasteiger partial charge >= 0.3 is 0 Å². The van der Waals surface area contributed by atoms with Crippen molar-refractivity contribution in [3.63, 3.8) is 0 Å². The summed E-state index contributed by atoms with van der Waals surface area (Å²) < 4.78 is 0. The van der Waals surface area contributed by atoms with E-state index in [0.29, 0.717) is 17.7 Å². The molecule has 0 amide bonds. The summed E-state index contributed by atoms with van der Waals surface area (Å²) in [5.41, 5.74) is 3.23. The number of aromatic hydroxyl groups is 1. The highest BCUT2D eigenvalue weighted by Crippen LogP contribution is 2.39. The lowest BCUT2D eigenvalue weighted by molar-refractivity contribution is 0.350. The fourth-order valence-electron chi connectivity index (χ4n) is 4.20. The number of nitrogens with zero attached hydrogens (tertiary/aromatic N) is 1. The standard InChI is InChI=1S/C21H31NO/c1-15-8-11-18(12-9-15)22-14-20-16(2)10-13-19(21(20)23)17-6-4-3-5-7-17/h10,13-15,17-18,23H,3-9,11-12H2,1-2H3. The van der Waals surface area contributed by atoms with Gasteiger partial charge in [0.15, 0.2) is 0 Å². The van der Waals surface area contributed by atoms with E-state index >= 15 is 0 Å². The summed E-state index contributed by atoms with van der Waals surface area (Å²) in [6, 6.07) is 4.75. The van der Waals surface area contributed by atoms with Crippen molar-refractivity contribution in [3.05, 3.63) is 28.8 Å². The third-order valence-corrected chi connectivity index (χ3v) is 5.91. The van der Waals surface area contributed by atoms with E-state index < -0.39 is 0 Å². The molecule has 1 N–H and O–H groups in total. The van der Waals surface area contributed by atoms with Gasteiger partial charge in [-0.1, -0.05) is 38.3 Å². The summed E-state index contributed by atoms with van der Waals surface area (Å²) in [6.45, 7) is 4.41. The van der Waals surface area contributed by atoms with Crippen molar-refractivity contribution in [1.82, 2.24) is 0 Å². The molecule has 2 saturated carbocycles. The van der Waals surface area contributed by atoms with Gasteiger partial charge in [-0.25, -0.2) is 0 Å². The van der Waals surface area contributed by atoms with Crippen molar-refractivity contribution in [2.75, 3.05) is 0 Å². The van der Waals surface area contributed by atoms with Crippen LogP contribution in [0.3, 0.4) is 0 Å². The quantitative estimate of drug-likeness (QED) is 0.708. The minimum atomic E-state index is 0.448. The molecule has 23 heavy (non-hydrogen) atoms. The van der Waals surface area contributed by atoms with Crippen LogP contribution in [0.2, 0.25) is 0 Å². The summed E-state index contributed by atoms with van der Waals surface area (Å²) in [6.07, 6.45) is 13.3. The average molecular weight is 313 g/mol. The predicted octanol–water partition coefficient (Wildman–Crippen LogP) is 5.75. The second kappa shape index (κ2) is 7.51. The first kappa shape index (κ1) is 16.5. The van der Waals surface area contributed by atoms with Crippen molar-refractivity contribution in [3.8, 4) is 5.75 Å². The maximum Gasteiger partial charge on any atom is 0.128 e. The molecule has 0 heterocycles. The van der Waals surface area contributed by atoms with Crippen LogP contribution in [-0.4, -0.2) is 17.4 Å². The Balaban J connectivity index is 1.78. The third kappa shape index (κ3) is 3.97. The van der Waals surface area contributed by atoms with Gasteiger partial charge in [0.2, 0.25) is 0 Å². The second-order valence-electron chi connectivity index (χ2n) is 7.76. The molecule has 0 radical (unpaired) electrons. The number of rotatable bonds is 3. The number of aliphatic imine (C=N–C) groups is 1. The monoisotopic (exact) mass is 313 g/mol. The molecule has 2 aliphatic rings. The number of hydrogen-bond acceptors (Lipinski definition) is 2. The SMILES string of the molecule is Cc1ccc(C2CCCCC2)c(O)c1C=NC1CCC(C)CC1. The largest absolute Gasteiger partial charge is 0.507 e. The Kier molecular flexibility index (Phi) is 5.40. The zero-order valence-electron chi connectivity index (χ0n) is 14.7. The third-order valence-electron chi connectivity index (χ3n) is 5.91. The topological polar surface area (TPSA) is 32.6 Å². The maximum atomic E-state index is 10.8. The molecule has 0 atom stereocenters. The predicted molar refractivity (Wildman–Crippen MR) is 97.7 cm³/mol. The normalized spacial score (nSPS) is 26.7. The number of aryl methyl sites for hydroxylation is 1. The maximum absolute atomic E-state index is 10.8. The van der Waals surface area contributed by atoms with Crippen LogP contribution < -0.4 is 0 Å². The highest BCUT2D eigenvalue weighted by Gasteiger charge is 2.21. The number of hydrogen-bond donors (Lipinski definition) is 1. The van der Waals surface area contributed by atoms with Gasteiger partial charge in [-0.3, -0.25) is 4.99 Å². The van der Waals surface area contributed by atoms with Crippen LogP contribution in [0.4, 0.5) is 0 Å². The van der Waals surface area contributed by atoms with E-state index in [1.54, 1.807) is 0 Å². The molecule has 0 unspecified atom stereocenters. The van der Waals surface area contributed by atoms with Crippen LogP contribution in [0, 0.1) is 12.8 Å². The van der Waals surface area contributed by atoms with Gasteiger partial charge in [0.25, 0.3) is 0 Å². The molecule has 1 aromatic rings. The van der Waals surface area contributed by atoms with Crippen molar-refractivity contribution in [2.45, 2.75) is 83.6 Å². The molecular weight excluding hydrogens is 282 g/mol. The molecule has 2 nitrogen and oxygen atoms in total.